The molecule has 2 rings (SSSR count). The van der Waals surface area contributed by atoms with Gasteiger partial charge in [0.05, 0.1) is 5.52 Å². The second-order valence-electron chi connectivity index (χ2n) is 4.44. The van der Waals surface area contributed by atoms with Crippen molar-refractivity contribution in [3.63, 3.8) is 0 Å². The van der Waals surface area contributed by atoms with Crippen LogP contribution in [0.25, 0.3) is 11.0 Å². The van der Waals surface area contributed by atoms with Crippen molar-refractivity contribution in [1.29, 1.82) is 0 Å². The van der Waals surface area contributed by atoms with E-state index in [1.165, 1.54) is 0 Å². The average Bonchev–Trinajstić information content (AvgIpc) is 2.79. The van der Waals surface area contributed by atoms with Crippen LogP contribution in [0.3, 0.4) is 0 Å². The third kappa shape index (κ3) is 2.27. The number of para-hydroxylation sites is 1. The molecular formula is C12H17N5O. The molecule has 0 spiro atoms. The van der Waals surface area contributed by atoms with Crippen molar-refractivity contribution in [3.05, 3.63) is 24.3 Å². The molecule has 2 amide bonds. The van der Waals surface area contributed by atoms with Crippen LogP contribution >= 0.6 is 0 Å². The molecule has 0 aliphatic rings. The van der Waals surface area contributed by atoms with Crippen molar-refractivity contribution in [1.82, 2.24) is 25.6 Å². The first-order valence-electron chi connectivity index (χ1n) is 5.91. The predicted molar refractivity (Wildman–Crippen MR) is 69.0 cm³/mol. The topological polar surface area (TPSA) is 71.8 Å². The number of hydrogen-bond donors (Lipinski definition) is 2. The Hall–Kier alpha value is -2.11. The lowest BCUT2D eigenvalue weighted by Gasteiger charge is -2.22. The van der Waals surface area contributed by atoms with Crippen molar-refractivity contribution in [2.45, 2.75) is 20.0 Å². The summed E-state index contributed by atoms with van der Waals surface area (Å²) in [4.78, 5) is 11.5. The molecule has 0 saturated heterocycles. The highest BCUT2D eigenvalue weighted by atomic mass is 16.2. The molecule has 1 heterocycles. The summed E-state index contributed by atoms with van der Waals surface area (Å²) in [5, 5.41) is 13.6. The highest BCUT2D eigenvalue weighted by Gasteiger charge is 2.20. The van der Waals surface area contributed by atoms with Crippen molar-refractivity contribution in [2.24, 2.45) is 5.92 Å². The zero-order valence-electron chi connectivity index (χ0n) is 10.7. The molecule has 6 heteroatoms. The number of aromatic nitrogens is 3. The first-order valence-corrected chi connectivity index (χ1v) is 5.91. The average molecular weight is 247 g/mol. The summed E-state index contributed by atoms with van der Waals surface area (Å²) in [6.07, 6.45) is -0.225. The maximum Gasteiger partial charge on any atom is 0.316 e. The van der Waals surface area contributed by atoms with Crippen LogP contribution in [0.1, 0.15) is 20.0 Å². The van der Waals surface area contributed by atoms with Gasteiger partial charge in [0.1, 0.15) is 11.7 Å². The Morgan fingerprint density at radius 3 is 2.72 bits per heavy atom. The molecular weight excluding hydrogens is 230 g/mol. The highest BCUT2D eigenvalue weighted by Crippen LogP contribution is 2.19. The summed E-state index contributed by atoms with van der Waals surface area (Å²) in [6, 6.07) is 7.46. The van der Waals surface area contributed by atoms with Gasteiger partial charge in [-0.15, -0.1) is 5.10 Å². The van der Waals surface area contributed by atoms with Crippen molar-refractivity contribution in [3.8, 4) is 0 Å². The molecule has 18 heavy (non-hydrogen) atoms. The molecule has 1 aromatic heterocycles. The number of amides is 2. The molecule has 0 radical (unpaired) electrons. The first-order chi connectivity index (χ1) is 8.63. The number of nitrogens with one attached hydrogen (secondary N) is 2. The highest BCUT2D eigenvalue weighted by molar-refractivity contribution is 5.75. The van der Waals surface area contributed by atoms with Crippen LogP contribution in [0.15, 0.2) is 24.3 Å². The number of carbonyl (C=O) groups excluding carboxylic acids is 1. The molecule has 2 N–H and O–H groups in total. The van der Waals surface area contributed by atoms with Crippen molar-refractivity contribution < 1.29 is 4.79 Å². The predicted octanol–water partition coefficient (Wildman–Crippen LogP) is 1.51. The zero-order valence-corrected chi connectivity index (χ0v) is 10.7. The number of hydrogen-bond acceptors (Lipinski definition) is 3. The largest absolute Gasteiger partial charge is 0.341 e. The number of rotatable bonds is 3. The monoisotopic (exact) mass is 247 g/mol. The van der Waals surface area contributed by atoms with Gasteiger partial charge in [0.15, 0.2) is 0 Å². The van der Waals surface area contributed by atoms with Crippen molar-refractivity contribution >= 4 is 17.1 Å². The fourth-order valence-corrected chi connectivity index (χ4v) is 1.81. The van der Waals surface area contributed by atoms with Gasteiger partial charge < -0.3 is 10.6 Å². The minimum absolute atomic E-state index is 0.201. The van der Waals surface area contributed by atoms with Gasteiger partial charge in [-0.2, -0.15) is 0 Å². The van der Waals surface area contributed by atoms with E-state index in [2.05, 4.69) is 20.9 Å². The van der Waals surface area contributed by atoms with Crippen LogP contribution in [-0.2, 0) is 0 Å². The Balaban J connectivity index is 2.39. The molecule has 1 atom stereocenters. The normalized spacial score (nSPS) is 12.7. The molecule has 0 aliphatic carbocycles. The van der Waals surface area contributed by atoms with Crippen LogP contribution in [-0.4, -0.2) is 28.1 Å². The summed E-state index contributed by atoms with van der Waals surface area (Å²) >= 11 is 0. The summed E-state index contributed by atoms with van der Waals surface area (Å²) in [5.41, 5.74) is 1.73. The molecule has 1 aromatic carbocycles. The van der Waals surface area contributed by atoms with Crippen LogP contribution in [0, 0.1) is 5.92 Å². The van der Waals surface area contributed by atoms with Gasteiger partial charge in [0, 0.05) is 7.05 Å². The van der Waals surface area contributed by atoms with E-state index in [9.17, 15) is 4.79 Å². The first kappa shape index (κ1) is 12.3. The Morgan fingerprint density at radius 2 is 2.06 bits per heavy atom. The van der Waals surface area contributed by atoms with Gasteiger partial charge in [-0.3, -0.25) is 0 Å². The number of fused-ring (bicyclic) bond motifs is 1. The Kier molecular flexibility index (Phi) is 3.45. The van der Waals surface area contributed by atoms with Crippen LogP contribution in [0.4, 0.5) is 4.79 Å². The van der Waals surface area contributed by atoms with Crippen LogP contribution in [0.5, 0.6) is 0 Å². The van der Waals surface area contributed by atoms with E-state index in [0.29, 0.717) is 0 Å². The van der Waals surface area contributed by atoms with Gasteiger partial charge in [0.2, 0.25) is 0 Å². The summed E-state index contributed by atoms with van der Waals surface area (Å²) < 4.78 is 1.75. The summed E-state index contributed by atoms with van der Waals surface area (Å²) in [5.74, 6) is 0.201. The third-order valence-electron chi connectivity index (χ3n) is 2.78. The van der Waals surface area contributed by atoms with Gasteiger partial charge >= 0.3 is 6.03 Å². The van der Waals surface area contributed by atoms with E-state index < -0.39 is 0 Å². The van der Waals surface area contributed by atoms with Gasteiger partial charge in [0.25, 0.3) is 0 Å². The summed E-state index contributed by atoms with van der Waals surface area (Å²) in [7, 11) is 1.59. The van der Waals surface area contributed by atoms with E-state index in [4.69, 9.17) is 0 Å². The zero-order chi connectivity index (χ0) is 13.1. The molecule has 0 bridgehead atoms. The molecule has 0 saturated carbocycles. The standard InChI is InChI=1S/C12H17N5O/c1-8(2)11(14-12(18)13-3)17-10-7-5-4-6-9(10)15-16-17/h4-8,11H,1-3H3,(H2,13,14,18). The Labute approximate surface area is 105 Å². The SMILES string of the molecule is CNC(=O)NC(C(C)C)n1nnc2ccccc21. The van der Waals surface area contributed by atoms with E-state index >= 15 is 0 Å². The van der Waals surface area contributed by atoms with E-state index in [1.807, 2.05) is 38.1 Å². The van der Waals surface area contributed by atoms with Crippen LogP contribution in [0.2, 0.25) is 0 Å². The van der Waals surface area contributed by atoms with E-state index in [0.717, 1.165) is 11.0 Å². The van der Waals surface area contributed by atoms with E-state index in [-0.39, 0.29) is 18.1 Å². The molecule has 0 aliphatic heterocycles. The fourth-order valence-electron chi connectivity index (χ4n) is 1.81. The van der Waals surface area contributed by atoms with Crippen molar-refractivity contribution in [2.75, 3.05) is 7.05 Å². The third-order valence-corrected chi connectivity index (χ3v) is 2.78. The maximum absolute atomic E-state index is 11.5. The molecule has 96 valence electrons. The lowest BCUT2D eigenvalue weighted by molar-refractivity contribution is 0.221. The molecule has 1 unspecified atom stereocenters. The van der Waals surface area contributed by atoms with Gasteiger partial charge in [-0.1, -0.05) is 31.2 Å². The second-order valence-corrected chi connectivity index (χ2v) is 4.44. The van der Waals surface area contributed by atoms with E-state index in [1.54, 1.807) is 11.7 Å². The lowest BCUT2D eigenvalue weighted by Crippen LogP contribution is -2.41. The quantitative estimate of drug-likeness (QED) is 0.863. The molecule has 6 nitrogen and oxygen atoms in total. The number of benzene rings is 1. The second kappa shape index (κ2) is 5.03. The smallest absolute Gasteiger partial charge is 0.316 e. The fraction of sp³-hybridized carbons (Fsp3) is 0.417. The molecule has 2 aromatic rings. The number of urea groups is 1. The number of nitrogens with zero attached hydrogens (tertiary/aromatic N) is 3. The Bertz CT molecular complexity index is 548. The lowest BCUT2D eigenvalue weighted by atomic mass is 10.1. The molecule has 0 fully saturated rings. The van der Waals surface area contributed by atoms with Gasteiger partial charge in [-0.05, 0) is 18.1 Å². The minimum atomic E-state index is -0.228. The summed E-state index contributed by atoms with van der Waals surface area (Å²) in [6.45, 7) is 4.05. The number of carbonyl (C=O) groups is 1. The maximum atomic E-state index is 11.5. The van der Waals surface area contributed by atoms with Gasteiger partial charge in [-0.25, -0.2) is 9.48 Å². The Morgan fingerprint density at radius 1 is 1.33 bits per heavy atom. The van der Waals surface area contributed by atoms with Crippen LogP contribution < -0.4 is 10.6 Å². The minimum Gasteiger partial charge on any atom is -0.341 e.